The third kappa shape index (κ3) is 1.88. The third-order valence-electron chi connectivity index (χ3n) is 1.99. The van der Waals surface area contributed by atoms with E-state index >= 15 is 0 Å². The van der Waals surface area contributed by atoms with Crippen LogP contribution in [0.2, 0.25) is 0 Å². The summed E-state index contributed by atoms with van der Waals surface area (Å²) in [7, 11) is 0. The summed E-state index contributed by atoms with van der Waals surface area (Å²) in [6.07, 6.45) is 1.90. The van der Waals surface area contributed by atoms with Crippen molar-refractivity contribution in [1.82, 2.24) is 9.97 Å². The van der Waals surface area contributed by atoms with E-state index in [0.29, 0.717) is 22.1 Å². The highest BCUT2D eigenvalue weighted by molar-refractivity contribution is 9.10. The van der Waals surface area contributed by atoms with Gasteiger partial charge >= 0.3 is 0 Å². The molecule has 6 heteroatoms. The van der Waals surface area contributed by atoms with Crippen molar-refractivity contribution in [2.24, 2.45) is 0 Å². The summed E-state index contributed by atoms with van der Waals surface area (Å²) in [5.74, 6) is -1.62. The molecule has 0 bridgehead atoms. The molecule has 0 saturated carbocycles. The van der Waals surface area contributed by atoms with Gasteiger partial charge in [0.15, 0.2) is 17.9 Å². The monoisotopic (exact) mass is 286 g/mol. The fraction of sp³-hybridized carbons (Fsp3) is 0. The van der Waals surface area contributed by atoms with Gasteiger partial charge in [-0.1, -0.05) is 0 Å². The summed E-state index contributed by atoms with van der Waals surface area (Å²) in [6.45, 7) is 0. The Bertz CT molecular complexity index is 554. The van der Waals surface area contributed by atoms with E-state index in [1.165, 1.54) is 6.20 Å². The number of hydrogen-bond acceptors (Lipinski definition) is 2. The molecule has 0 saturated heterocycles. The fourth-order valence-electron chi connectivity index (χ4n) is 1.24. The number of H-pyrrole nitrogens is 1. The predicted octanol–water partition coefficient (Wildman–Crippen LogP) is 2.93. The normalized spacial score (nSPS) is 10.4. The smallest absolute Gasteiger partial charge is 0.167 e. The highest BCUT2D eigenvalue weighted by Crippen LogP contribution is 2.28. The highest BCUT2D eigenvalue weighted by atomic mass is 79.9. The van der Waals surface area contributed by atoms with E-state index in [0.717, 1.165) is 12.1 Å². The fourth-order valence-corrected chi connectivity index (χ4v) is 1.74. The molecule has 0 radical (unpaired) electrons. The molecule has 0 spiro atoms. The van der Waals surface area contributed by atoms with Gasteiger partial charge in [0.2, 0.25) is 0 Å². The molecule has 0 amide bonds. The van der Waals surface area contributed by atoms with Crippen LogP contribution in [0.1, 0.15) is 10.5 Å². The number of halogens is 3. The Morgan fingerprint density at radius 1 is 1.31 bits per heavy atom. The van der Waals surface area contributed by atoms with E-state index in [4.69, 9.17) is 0 Å². The highest BCUT2D eigenvalue weighted by Gasteiger charge is 2.12. The van der Waals surface area contributed by atoms with Crippen LogP contribution in [0.3, 0.4) is 0 Å². The number of aldehydes is 1. The first-order valence-electron chi connectivity index (χ1n) is 4.27. The Balaban J connectivity index is 2.55. The summed E-state index contributed by atoms with van der Waals surface area (Å²) in [5.41, 5.74) is 0.624. The Kier molecular flexibility index (Phi) is 2.82. The maximum atomic E-state index is 13.0. The minimum absolute atomic E-state index is 0.270. The van der Waals surface area contributed by atoms with Crippen molar-refractivity contribution in [1.29, 1.82) is 0 Å². The summed E-state index contributed by atoms with van der Waals surface area (Å²) in [5, 5.41) is 0. The second-order valence-electron chi connectivity index (χ2n) is 3.05. The number of benzene rings is 1. The van der Waals surface area contributed by atoms with E-state index in [2.05, 4.69) is 25.9 Å². The maximum Gasteiger partial charge on any atom is 0.167 e. The third-order valence-corrected chi connectivity index (χ3v) is 2.64. The number of rotatable bonds is 2. The maximum absolute atomic E-state index is 13.0. The van der Waals surface area contributed by atoms with Gasteiger partial charge in [0.05, 0.1) is 11.9 Å². The van der Waals surface area contributed by atoms with Crippen molar-refractivity contribution in [3.63, 3.8) is 0 Å². The molecular formula is C10H5BrF2N2O. The summed E-state index contributed by atoms with van der Waals surface area (Å²) >= 11 is 3.09. The molecular weight excluding hydrogens is 282 g/mol. The quantitative estimate of drug-likeness (QED) is 0.682. The topological polar surface area (TPSA) is 45.8 Å². The molecule has 1 aromatic heterocycles. The van der Waals surface area contributed by atoms with Crippen molar-refractivity contribution in [3.8, 4) is 11.4 Å². The van der Waals surface area contributed by atoms with Gasteiger partial charge in [0.25, 0.3) is 0 Å². The number of carbonyl (C=O) groups is 1. The van der Waals surface area contributed by atoms with Crippen molar-refractivity contribution < 1.29 is 13.6 Å². The summed E-state index contributed by atoms with van der Waals surface area (Å²) in [6, 6.07) is 2.01. The van der Waals surface area contributed by atoms with Crippen LogP contribution in [0, 0.1) is 11.6 Å². The zero-order chi connectivity index (χ0) is 11.7. The van der Waals surface area contributed by atoms with Crippen LogP contribution in [0.4, 0.5) is 8.78 Å². The standard InChI is InChI=1S/C10H5BrF2N2O/c11-7-2-9(13)8(12)1-6(7)10-14-3-5(4-16)15-10/h1-4H,(H,14,15). The van der Waals surface area contributed by atoms with Gasteiger partial charge in [0, 0.05) is 10.0 Å². The minimum atomic E-state index is -0.970. The van der Waals surface area contributed by atoms with Gasteiger partial charge in [0.1, 0.15) is 5.82 Å². The van der Waals surface area contributed by atoms with Crippen LogP contribution in [0.15, 0.2) is 22.8 Å². The zero-order valence-corrected chi connectivity index (χ0v) is 9.38. The molecule has 1 heterocycles. The summed E-state index contributed by atoms with van der Waals surface area (Å²) < 4.78 is 26.2. The van der Waals surface area contributed by atoms with Crippen LogP contribution in [0.5, 0.6) is 0 Å². The first-order valence-corrected chi connectivity index (χ1v) is 5.06. The molecule has 0 aliphatic heterocycles. The van der Waals surface area contributed by atoms with Gasteiger partial charge in [-0.3, -0.25) is 4.79 Å². The van der Waals surface area contributed by atoms with E-state index in [1.54, 1.807) is 0 Å². The van der Waals surface area contributed by atoms with Crippen LogP contribution in [-0.4, -0.2) is 16.3 Å². The molecule has 1 aromatic carbocycles. The molecule has 0 fully saturated rings. The molecule has 3 nitrogen and oxygen atoms in total. The minimum Gasteiger partial charge on any atom is -0.336 e. The summed E-state index contributed by atoms with van der Waals surface area (Å²) in [4.78, 5) is 17.0. The number of nitrogens with zero attached hydrogens (tertiary/aromatic N) is 1. The van der Waals surface area contributed by atoms with Gasteiger partial charge in [-0.25, -0.2) is 13.8 Å². The van der Waals surface area contributed by atoms with Crippen LogP contribution in [-0.2, 0) is 0 Å². The lowest BCUT2D eigenvalue weighted by Crippen LogP contribution is -1.89. The van der Waals surface area contributed by atoms with Gasteiger partial charge in [-0.05, 0) is 28.1 Å². The van der Waals surface area contributed by atoms with E-state index in [9.17, 15) is 13.6 Å². The number of aromatic nitrogens is 2. The number of hydrogen-bond donors (Lipinski definition) is 1. The van der Waals surface area contributed by atoms with Gasteiger partial charge in [-0.2, -0.15) is 0 Å². The first-order chi connectivity index (χ1) is 7.61. The number of nitrogens with one attached hydrogen (secondary N) is 1. The predicted molar refractivity (Wildman–Crippen MR) is 57.0 cm³/mol. The van der Waals surface area contributed by atoms with Gasteiger partial charge in [-0.15, -0.1) is 0 Å². The SMILES string of the molecule is O=Cc1cnc(-c2cc(F)c(F)cc2Br)[nH]1. The molecule has 0 unspecified atom stereocenters. The Morgan fingerprint density at radius 2 is 2.00 bits per heavy atom. The van der Waals surface area contributed by atoms with Gasteiger partial charge < -0.3 is 4.98 Å². The average molecular weight is 287 g/mol. The van der Waals surface area contributed by atoms with E-state index in [-0.39, 0.29) is 5.69 Å². The molecule has 0 atom stereocenters. The van der Waals surface area contributed by atoms with Crippen LogP contribution in [0.25, 0.3) is 11.4 Å². The second-order valence-corrected chi connectivity index (χ2v) is 3.91. The Morgan fingerprint density at radius 3 is 2.62 bits per heavy atom. The van der Waals surface area contributed by atoms with Crippen LogP contribution >= 0.6 is 15.9 Å². The van der Waals surface area contributed by atoms with E-state index < -0.39 is 11.6 Å². The molecule has 16 heavy (non-hydrogen) atoms. The Hall–Kier alpha value is -1.56. The lowest BCUT2D eigenvalue weighted by Gasteiger charge is -2.02. The molecule has 0 aliphatic carbocycles. The largest absolute Gasteiger partial charge is 0.336 e. The zero-order valence-electron chi connectivity index (χ0n) is 7.80. The molecule has 2 rings (SSSR count). The van der Waals surface area contributed by atoms with E-state index in [1.807, 2.05) is 0 Å². The van der Waals surface area contributed by atoms with Crippen molar-refractivity contribution in [2.45, 2.75) is 0 Å². The van der Waals surface area contributed by atoms with Crippen molar-refractivity contribution in [2.75, 3.05) is 0 Å². The lowest BCUT2D eigenvalue weighted by molar-refractivity contribution is 0.111. The molecule has 1 N–H and O–H groups in total. The molecule has 82 valence electrons. The molecule has 0 aliphatic rings. The number of imidazole rings is 1. The second kappa shape index (κ2) is 4.13. The van der Waals surface area contributed by atoms with Crippen molar-refractivity contribution in [3.05, 3.63) is 40.1 Å². The lowest BCUT2D eigenvalue weighted by atomic mass is 10.2. The number of aromatic amines is 1. The van der Waals surface area contributed by atoms with Crippen molar-refractivity contribution >= 4 is 22.2 Å². The van der Waals surface area contributed by atoms with Crippen LogP contribution < -0.4 is 0 Å². The average Bonchev–Trinajstić information content (AvgIpc) is 2.71. The first kappa shape index (κ1) is 10.9. The molecule has 2 aromatic rings. The Labute approximate surface area is 97.6 Å². The number of carbonyl (C=O) groups excluding carboxylic acids is 1.